The van der Waals surface area contributed by atoms with E-state index in [4.69, 9.17) is 3.79 Å². The molecule has 0 saturated heterocycles. The summed E-state index contributed by atoms with van der Waals surface area (Å²) in [5.74, 6) is 1.78. The van der Waals surface area contributed by atoms with Crippen LogP contribution in [0.2, 0.25) is 10.6 Å². The largest absolute Gasteiger partial charge is 0.642 e. The molecule has 1 rings (SSSR count). The molecule has 0 aliphatic carbocycles. The molecule has 0 heterocycles. The van der Waals surface area contributed by atoms with E-state index in [0.717, 1.165) is 10.6 Å². The van der Waals surface area contributed by atoms with E-state index < -0.39 is 14.5 Å². The fourth-order valence-corrected chi connectivity index (χ4v) is 5.00. The Morgan fingerprint density at radius 2 is 1.71 bits per heavy atom. The Morgan fingerprint density at radius 1 is 1.12 bits per heavy atom. The predicted molar refractivity (Wildman–Crippen MR) is 72.1 cm³/mol. The molecule has 0 atom stereocenters. The molecule has 0 fully saturated rings. The Labute approximate surface area is 109 Å². The highest BCUT2D eigenvalue weighted by molar-refractivity contribution is 6.52. The highest BCUT2D eigenvalue weighted by Gasteiger charge is 2.26. The lowest BCUT2D eigenvalue weighted by molar-refractivity contribution is 0.519. The zero-order valence-corrected chi connectivity index (χ0v) is 12.4. The number of rotatable bonds is 6. The maximum Gasteiger partial charge on any atom is 0.547 e. The topological polar surface area (TPSA) is 9.23 Å². The lowest BCUT2D eigenvalue weighted by Gasteiger charge is -2.18. The monoisotopic (exact) mass is 252 g/mol. The van der Waals surface area contributed by atoms with Crippen molar-refractivity contribution >= 4 is 14.5 Å². The van der Waals surface area contributed by atoms with Crippen molar-refractivity contribution in [3.05, 3.63) is 30.1 Å². The summed E-state index contributed by atoms with van der Waals surface area (Å²) in [6.07, 6.45) is 0. The minimum absolute atomic E-state index is 0.218. The first-order valence-corrected chi connectivity index (χ1v) is 8.50. The molecule has 17 heavy (non-hydrogen) atoms. The SMILES string of the molecule is CC(C)[CH2][Al]([CH2]C(C)C)[O]c1cccc(F)c1. The molecule has 0 amide bonds. The van der Waals surface area contributed by atoms with Crippen LogP contribution < -0.4 is 3.79 Å². The van der Waals surface area contributed by atoms with Gasteiger partial charge in [0.1, 0.15) is 5.82 Å². The van der Waals surface area contributed by atoms with Crippen LogP contribution in [0.25, 0.3) is 0 Å². The summed E-state index contributed by atoms with van der Waals surface area (Å²) < 4.78 is 19.1. The standard InChI is InChI=1S/C6H5FO.2C4H9.Al/c7-5-2-1-3-6(8)4-5;2*1-4(2)3;/h1-4,8H;2*4H,1H2,2-3H3;/q;;;+1/p-1. The van der Waals surface area contributed by atoms with Crippen molar-refractivity contribution in [1.29, 1.82) is 0 Å². The van der Waals surface area contributed by atoms with Crippen LogP contribution in [0.4, 0.5) is 4.39 Å². The molecule has 0 aliphatic heterocycles. The maximum atomic E-state index is 13.1. The fraction of sp³-hybridized carbons (Fsp3) is 0.571. The van der Waals surface area contributed by atoms with Crippen LogP contribution >= 0.6 is 0 Å². The number of halogens is 1. The van der Waals surface area contributed by atoms with Gasteiger partial charge < -0.3 is 3.79 Å². The van der Waals surface area contributed by atoms with E-state index in [1.807, 2.05) is 6.07 Å². The van der Waals surface area contributed by atoms with E-state index >= 15 is 0 Å². The van der Waals surface area contributed by atoms with Gasteiger partial charge in [0.25, 0.3) is 0 Å². The van der Waals surface area contributed by atoms with Gasteiger partial charge in [0.05, 0.1) is 5.75 Å². The van der Waals surface area contributed by atoms with E-state index in [1.54, 1.807) is 6.07 Å². The maximum absolute atomic E-state index is 13.1. The average Bonchev–Trinajstić information content (AvgIpc) is 2.14. The van der Waals surface area contributed by atoms with Gasteiger partial charge in [-0.25, -0.2) is 4.39 Å². The molecular formula is C14H22AlFO. The van der Waals surface area contributed by atoms with Crippen molar-refractivity contribution in [2.24, 2.45) is 11.8 Å². The van der Waals surface area contributed by atoms with Crippen molar-refractivity contribution < 1.29 is 8.18 Å². The first-order valence-electron chi connectivity index (χ1n) is 6.39. The smallest absolute Gasteiger partial charge is 0.547 e. The van der Waals surface area contributed by atoms with Gasteiger partial charge in [-0.2, -0.15) is 0 Å². The Hall–Kier alpha value is -0.518. The van der Waals surface area contributed by atoms with E-state index in [0.29, 0.717) is 17.6 Å². The van der Waals surface area contributed by atoms with Crippen LogP contribution in [0.5, 0.6) is 5.75 Å². The molecular weight excluding hydrogens is 230 g/mol. The van der Waals surface area contributed by atoms with Gasteiger partial charge in [-0.05, 0) is 12.1 Å². The third-order valence-electron chi connectivity index (χ3n) is 2.57. The molecule has 0 spiro atoms. The van der Waals surface area contributed by atoms with E-state index in [9.17, 15) is 4.39 Å². The quantitative estimate of drug-likeness (QED) is 0.677. The van der Waals surface area contributed by atoms with Gasteiger partial charge in [0.15, 0.2) is 0 Å². The summed E-state index contributed by atoms with van der Waals surface area (Å²) in [4.78, 5) is 0. The van der Waals surface area contributed by atoms with Crippen LogP contribution in [0.1, 0.15) is 27.7 Å². The fourth-order valence-electron chi connectivity index (χ4n) is 1.98. The predicted octanol–water partition coefficient (Wildman–Crippen LogP) is 4.51. The van der Waals surface area contributed by atoms with Crippen molar-refractivity contribution in [2.75, 3.05) is 0 Å². The molecule has 3 heteroatoms. The Morgan fingerprint density at radius 3 is 2.18 bits per heavy atom. The van der Waals surface area contributed by atoms with Crippen LogP contribution in [-0.4, -0.2) is 14.5 Å². The molecule has 94 valence electrons. The molecule has 0 unspecified atom stereocenters. The molecule has 0 aromatic heterocycles. The van der Waals surface area contributed by atoms with Crippen LogP contribution in [0, 0.1) is 17.7 Å². The average molecular weight is 252 g/mol. The number of hydrogen-bond donors (Lipinski definition) is 0. The van der Waals surface area contributed by atoms with Gasteiger partial charge in [0, 0.05) is 6.07 Å². The normalized spacial score (nSPS) is 11.0. The molecule has 1 aromatic rings. The van der Waals surface area contributed by atoms with E-state index in [2.05, 4.69) is 27.7 Å². The van der Waals surface area contributed by atoms with Gasteiger partial charge in [-0.1, -0.05) is 56.2 Å². The van der Waals surface area contributed by atoms with Crippen molar-refractivity contribution in [3.63, 3.8) is 0 Å². The third kappa shape index (κ3) is 6.10. The Balaban J connectivity index is 2.64. The molecule has 0 radical (unpaired) electrons. The summed E-state index contributed by atoms with van der Waals surface area (Å²) in [5, 5.41) is 2.30. The molecule has 1 nitrogen and oxygen atoms in total. The minimum atomic E-state index is -1.26. The summed E-state index contributed by atoms with van der Waals surface area (Å²) >= 11 is -1.26. The second-order valence-corrected chi connectivity index (χ2v) is 7.88. The van der Waals surface area contributed by atoms with Crippen LogP contribution in [-0.2, 0) is 0 Å². The third-order valence-corrected chi connectivity index (χ3v) is 6.11. The summed E-state index contributed by atoms with van der Waals surface area (Å²) in [7, 11) is 0. The molecule has 0 saturated carbocycles. The first-order chi connectivity index (χ1) is 7.97. The summed E-state index contributed by atoms with van der Waals surface area (Å²) in [6, 6.07) is 6.50. The molecule has 1 aromatic carbocycles. The molecule has 0 N–H and O–H groups in total. The lowest BCUT2D eigenvalue weighted by Crippen LogP contribution is -2.25. The Bertz CT molecular complexity index is 329. The zero-order chi connectivity index (χ0) is 12.8. The summed E-state index contributed by atoms with van der Waals surface area (Å²) in [6.45, 7) is 8.87. The van der Waals surface area contributed by atoms with Crippen LogP contribution in [0.15, 0.2) is 24.3 Å². The highest BCUT2D eigenvalue weighted by Crippen LogP contribution is 2.20. The van der Waals surface area contributed by atoms with Crippen molar-refractivity contribution in [2.45, 2.75) is 38.3 Å². The van der Waals surface area contributed by atoms with Gasteiger partial charge >= 0.3 is 14.5 Å². The van der Waals surface area contributed by atoms with E-state index in [1.165, 1.54) is 12.1 Å². The number of benzene rings is 1. The minimum Gasteiger partial charge on any atom is -0.642 e. The van der Waals surface area contributed by atoms with Gasteiger partial charge in [0.2, 0.25) is 0 Å². The van der Waals surface area contributed by atoms with Crippen LogP contribution in [0.3, 0.4) is 0 Å². The van der Waals surface area contributed by atoms with Crippen molar-refractivity contribution in [1.82, 2.24) is 0 Å². The first kappa shape index (κ1) is 14.5. The van der Waals surface area contributed by atoms with Crippen molar-refractivity contribution in [3.8, 4) is 5.75 Å². The Kier molecular flexibility index (Phi) is 6.02. The zero-order valence-electron chi connectivity index (χ0n) is 11.2. The molecule has 0 aliphatic rings. The van der Waals surface area contributed by atoms with E-state index in [-0.39, 0.29) is 5.82 Å². The second-order valence-electron chi connectivity index (χ2n) is 5.46. The summed E-state index contributed by atoms with van der Waals surface area (Å²) in [5.41, 5.74) is 0. The van der Waals surface area contributed by atoms with Gasteiger partial charge in [-0.15, -0.1) is 0 Å². The number of hydrogen-bond acceptors (Lipinski definition) is 1. The lowest BCUT2D eigenvalue weighted by atomic mass is 10.3. The highest BCUT2D eigenvalue weighted by atomic mass is 27.2. The molecule has 0 bridgehead atoms. The van der Waals surface area contributed by atoms with Gasteiger partial charge in [-0.3, -0.25) is 0 Å². The second kappa shape index (κ2) is 7.04.